The molecule has 0 saturated heterocycles. The van der Waals surface area contributed by atoms with E-state index in [0.29, 0.717) is 11.1 Å². The normalized spacial score (nSPS) is 14.4. The summed E-state index contributed by atoms with van der Waals surface area (Å²) < 4.78 is 44.3. The summed E-state index contributed by atoms with van der Waals surface area (Å²) in [5, 5.41) is 0. The third kappa shape index (κ3) is 4.96. The van der Waals surface area contributed by atoms with E-state index in [-0.39, 0.29) is 35.7 Å². The maximum absolute atomic E-state index is 10.7. The lowest BCUT2D eigenvalue weighted by Gasteiger charge is -2.19. The van der Waals surface area contributed by atoms with Gasteiger partial charge in [-0.15, -0.1) is 0 Å². The third-order valence-electron chi connectivity index (χ3n) is 2.46. The van der Waals surface area contributed by atoms with Crippen LogP contribution in [-0.4, -0.2) is 16.6 Å². The minimum atomic E-state index is -4.67. The minimum Gasteiger partial charge on any atom is -0.466 e. The van der Waals surface area contributed by atoms with E-state index in [0.717, 1.165) is 0 Å². The molecule has 0 aliphatic rings. The molecule has 0 bridgehead atoms. The first-order valence-electron chi connectivity index (χ1n) is 7.43. The van der Waals surface area contributed by atoms with Gasteiger partial charge >= 0.3 is 7.82 Å². The Balaban J connectivity index is 3.40. The molecule has 1 aromatic rings. The monoisotopic (exact) mass is 291 g/mol. The van der Waals surface area contributed by atoms with E-state index in [1.807, 2.05) is 27.7 Å². The first kappa shape index (κ1) is 11.9. The second-order valence-electron chi connectivity index (χ2n) is 4.72. The highest BCUT2D eigenvalue weighted by molar-refractivity contribution is 7.46. The lowest BCUT2D eigenvalue weighted by atomic mass is 9.94. The summed E-state index contributed by atoms with van der Waals surface area (Å²) in [5.41, 5.74) is 0.859. The van der Waals surface area contributed by atoms with Crippen molar-refractivity contribution in [2.24, 2.45) is 0 Å². The number of benzene rings is 1. The zero-order chi connectivity index (χ0) is 17.2. The highest BCUT2D eigenvalue weighted by Crippen LogP contribution is 2.38. The lowest BCUT2D eigenvalue weighted by Crippen LogP contribution is -2.07. The minimum absolute atomic E-state index is 0.115. The molecule has 19 heavy (non-hydrogen) atoms. The fourth-order valence-electron chi connectivity index (χ4n) is 1.55. The number of phosphoric ester groups is 1. The predicted molar refractivity (Wildman–Crippen MR) is 73.2 cm³/mol. The van der Waals surface area contributed by atoms with E-state index in [4.69, 9.17) is 18.6 Å². The summed E-state index contributed by atoms with van der Waals surface area (Å²) in [6.07, 6.45) is 0. The molecule has 108 valence electrons. The largest absolute Gasteiger partial charge is 0.472 e. The summed E-state index contributed by atoms with van der Waals surface area (Å²) in [4.78, 5) is 17.4. The van der Waals surface area contributed by atoms with Crippen LogP contribution < -0.4 is 4.74 Å². The Kier molecular flexibility index (Phi) is 4.09. The van der Waals surface area contributed by atoms with Crippen molar-refractivity contribution in [1.82, 2.24) is 0 Å². The molecular weight excluding hydrogens is 267 g/mol. The van der Waals surface area contributed by atoms with Crippen molar-refractivity contribution >= 4 is 7.82 Å². The fourth-order valence-corrected chi connectivity index (χ4v) is 1.74. The standard InChI is InChI=1S/C13H21O5P/c1-9(2)11-6-5-7-12(10(3)4)13(11)17-8-18-19(14,15)16/h5-7,9-10H,8H2,1-4H3,(H2,14,15,16)/i5D,6D,7D. The van der Waals surface area contributed by atoms with E-state index in [2.05, 4.69) is 4.52 Å². The molecular formula is C13H21O5P. The molecule has 2 N–H and O–H groups in total. The quantitative estimate of drug-likeness (QED) is 0.620. The Hall–Kier alpha value is -0.870. The van der Waals surface area contributed by atoms with Crippen LogP contribution in [0.15, 0.2) is 18.1 Å². The number of phosphoric acid groups is 1. The van der Waals surface area contributed by atoms with Gasteiger partial charge in [0.25, 0.3) is 0 Å². The molecule has 0 fully saturated rings. The van der Waals surface area contributed by atoms with Crippen LogP contribution in [0.4, 0.5) is 0 Å². The Morgan fingerprint density at radius 2 is 1.68 bits per heavy atom. The average Bonchev–Trinajstić information content (AvgIpc) is 2.33. The fraction of sp³-hybridized carbons (Fsp3) is 0.538. The van der Waals surface area contributed by atoms with Gasteiger partial charge in [-0.05, 0) is 23.0 Å². The summed E-state index contributed by atoms with van der Waals surface area (Å²) in [6.45, 7) is 6.57. The van der Waals surface area contributed by atoms with Gasteiger partial charge in [-0.3, -0.25) is 0 Å². The number of ether oxygens (including phenoxy) is 1. The van der Waals surface area contributed by atoms with Crippen LogP contribution in [-0.2, 0) is 9.09 Å². The van der Waals surface area contributed by atoms with E-state index in [1.165, 1.54) is 0 Å². The summed E-state index contributed by atoms with van der Waals surface area (Å²) >= 11 is 0. The highest BCUT2D eigenvalue weighted by Gasteiger charge is 2.18. The van der Waals surface area contributed by atoms with Gasteiger partial charge in [0.15, 0.2) is 6.79 Å². The molecule has 6 heteroatoms. The molecule has 0 unspecified atom stereocenters. The van der Waals surface area contributed by atoms with Crippen LogP contribution in [0.25, 0.3) is 0 Å². The Labute approximate surface area is 118 Å². The van der Waals surface area contributed by atoms with Gasteiger partial charge in [0.1, 0.15) is 5.75 Å². The molecule has 0 aliphatic carbocycles. The summed E-state index contributed by atoms with van der Waals surface area (Å²) in [5.74, 6) is -0.107. The molecule has 0 atom stereocenters. The van der Waals surface area contributed by atoms with Gasteiger partial charge in [-0.1, -0.05) is 45.8 Å². The van der Waals surface area contributed by atoms with Crippen LogP contribution in [0.2, 0.25) is 0 Å². The lowest BCUT2D eigenvalue weighted by molar-refractivity contribution is 0.0811. The van der Waals surface area contributed by atoms with Crippen molar-refractivity contribution in [3.8, 4) is 5.75 Å². The van der Waals surface area contributed by atoms with Crippen LogP contribution in [0.3, 0.4) is 0 Å². The smallest absolute Gasteiger partial charge is 0.466 e. The number of hydrogen-bond donors (Lipinski definition) is 2. The molecule has 0 saturated carbocycles. The van der Waals surface area contributed by atoms with Gasteiger partial charge in [-0.25, -0.2) is 9.09 Å². The molecule has 1 rings (SSSR count). The van der Waals surface area contributed by atoms with E-state index >= 15 is 0 Å². The molecule has 0 aromatic heterocycles. The second kappa shape index (κ2) is 6.53. The van der Waals surface area contributed by atoms with Crippen molar-refractivity contribution in [3.63, 3.8) is 0 Å². The molecule has 0 amide bonds. The number of hydrogen-bond acceptors (Lipinski definition) is 3. The van der Waals surface area contributed by atoms with Crippen LogP contribution in [0, 0.1) is 0 Å². The summed E-state index contributed by atoms with van der Waals surface area (Å²) in [6, 6.07) is -0.415. The summed E-state index contributed by atoms with van der Waals surface area (Å²) in [7, 11) is -4.67. The molecule has 0 radical (unpaired) electrons. The molecule has 5 nitrogen and oxygen atoms in total. The van der Waals surface area contributed by atoms with Gasteiger partial charge in [0.05, 0.1) is 4.11 Å². The zero-order valence-electron chi connectivity index (χ0n) is 14.4. The molecule has 0 spiro atoms. The Morgan fingerprint density at radius 1 is 1.21 bits per heavy atom. The van der Waals surface area contributed by atoms with Crippen molar-refractivity contribution in [2.45, 2.75) is 39.5 Å². The van der Waals surface area contributed by atoms with Gasteiger partial charge in [-0.2, -0.15) is 0 Å². The second-order valence-corrected chi connectivity index (χ2v) is 5.96. The van der Waals surface area contributed by atoms with E-state index < -0.39 is 14.6 Å². The molecule has 1 aromatic carbocycles. The van der Waals surface area contributed by atoms with Crippen molar-refractivity contribution in [2.75, 3.05) is 6.79 Å². The van der Waals surface area contributed by atoms with Crippen LogP contribution in [0.5, 0.6) is 5.75 Å². The third-order valence-corrected chi connectivity index (χ3v) is 2.90. The Morgan fingerprint density at radius 3 is 2.05 bits per heavy atom. The van der Waals surface area contributed by atoms with Crippen LogP contribution in [0.1, 0.15) is 54.8 Å². The molecule has 0 heterocycles. The van der Waals surface area contributed by atoms with Crippen LogP contribution >= 0.6 is 7.82 Å². The molecule has 0 aliphatic heterocycles. The maximum Gasteiger partial charge on any atom is 0.472 e. The first-order chi connectivity index (χ1) is 9.97. The van der Waals surface area contributed by atoms with Gasteiger partial charge in [0.2, 0.25) is 0 Å². The van der Waals surface area contributed by atoms with Gasteiger partial charge < -0.3 is 14.5 Å². The first-order valence-corrected chi connectivity index (χ1v) is 7.46. The predicted octanol–water partition coefficient (Wildman–Crippen LogP) is 3.38. The van der Waals surface area contributed by atoms with Crippen molar-refractivity contribution in [3.05, 3.63) is 29.3 Å². The van der Waals surface area contributed by atoms with Gasteiger partial charge in [0, 0.05) is 0 Å². The average molecular weight is 291 g/mol. The topological polar surface area (TPSA) is 76.0 Å². The number of para-hydroxylation sites is 1. The Bertz CT molecular complexity index is 563. The van der Waals surface area contributed by atoms with E-state index in [1.54, 1.807) is 0 Å². The zero-order valence-corrected chi connectivity index (χ0v) is 12.3. The highest BCUT2D eigenvalue weighted by atomic mass is 31.2. The van der Waals surface area contributed by atoms with Crippen molar-refractivity contribution in [1.29, 1.82) is 0 Å². The maximum atomic E-state index is 10.7. The van der Waals surface area contributed by atoms with E-state index in [9.17, 15) is 4.57 Å². The SMILES string of the molecule is [2H]c1c([2H])c(C(C)C)c(OCOP(=O)(O)O)c(C(C)C)c1[2H]. The van der Waals surface area contributed by atoms with Crippen molar-refractivity contribution < 1.29 is 27.7 Å². The number of rotatable bonds is 6.